The van der Waals surface area contributed by atoms with Crippen molar-refractivity contribution in [3.05, 3.63) is 84.3 Å². The molecule has 1 fully saturated rings. The number of piperazine rings is 1. The minimum absolute atomic E-state index is 0.159. The zero-order chi connectivity index (χ0) is 19.3. The third kappa shape index (κ3) is 3.96. The van der Waals surface area contributed by atoms with Crippen molar-refractivity contribution < 1.29 is 9.18 Å². The van der Waals surface area contributed by atoms with Crippen molar-refractivity contribution in [1.29, 1.82) is 0 Å². The number of carbonyl (C=O) groups is 1. The predicted molar refractivity (Wildman–Crippen MR) is 109 cm³/mol. The molecule has 1 saturated heterocycles. The Morgan fingerprint density at radius 3 is 2.21 bits per heavy atom. The van der Waals surface area contributed by atoms with Crippen LogP contribution in [0, 0.1) is 5.82 Å². The smallest absolute Gasteiger partial charge is 0.255 e. The molecule has 5 nitrogen and oxygen atoms in total. The molecular formula is C22H21FN4O. The SMILES string of the molecule is O=C(Nc1ccc(N2CCN(c3ccccc3F)CC2)nc1)c1ccccc1. The summed E-state index contributed by atoms with van der Waals surface area (Å²) in [4.78, 5) is 20.9. The minimum Gasteiger partial charge on any atom is -0.366 e. The van der Waals surface area contributed by atoms with E-state index >= 15 is 0 Å². The van der Waals surface area contributed by atoms with Gasteiger partial charge in [-0.2, -0.15) is 0 Å². The standard InChI is InChI=1S/C22H21FN4O/c23-19-8-4-5-9-20(19)26-12-14-27(15-13-26)21-11-10-18(16-24-21)25-22(28)17-6-2-1-3-7-17/h1-11,16H,12-15H2,(H,25,28). The molecule has 0 spiro atoms. The quantitative estimate of drug-likeness (QED) is 0.753. The molecule has 28 heavy (non-hydrogen) atoms. The zero-order valence-corrected chi connectivity index (χ0v) is 15.4. The predicted octanol–water partition coefficient (Wildman–Crippen LogP) is 3.80. The highest BCUT2D eigenvalue weighted by molar-refractivity contribution is 6.04. The lowest BCUT2D eigenvalue weighted by molar-refractivity contribution is 0.102. The van der Waals surface area contributed by atoms with E-state index in [-0.39, 0.29) is 11.7 Å². The van der Waals surface area contributed by atoms with Crippen LogP contribution >= 0.6 is 0 Å². The minimum atomic E-state index is -0.187. The van der Waals surface area contributed by atoms with Gasteiger partial charge in [-0.05, 0) is 36.4 Å². The molecule has 1 aliphatic heterocycles. The summed E-state index contributed by atoms with van der Waals surface area (Å²) >= 11 is 0. The molecule has 4 rings (SSSR count). The van der Waals surface area contributed by atoms with Gasteiger partial charge in [0.2, 0.25) is 0 Å². The van der Waals surface area contributed by atoms with Crippen LogP contribution in [0.2, 0.25) is 0 Å². The number of pyridine rings is 1. The highest BCUT2D eigenvalue weighted by atomic mass is 19.1. The van der Waals surface area contributed by atoms with Gasteiger partial charge in [0.15, 0.2) is 0 Å². The first-order chi connectivity index (χ1) is 13.7. The maximum Gasteiger partial charge on any atom is 0.255 e. The summed E-state index contributed by atoms with van der Waals surface area (Å²) in [7, 11) is 0. The number of nitrogens with one attached hydrogen (secondary N) is 1. The van der Waals surface area contributed by atoms with Gasteiger partial charge >= 0.3 is 0 Å². The topological polar surface area (TPSA) is 48.5 Å². The van der Waals surface area contributed by atoms with Crippen molar-refractivity contribution in [1.82, 2.24) is 4.98 Å². The van der Waals surface area contributed by atoms with E-state index in [9.17, 15) is 9.18 Å². The number of hydrogen-bond donors (Lipinski definition) is 1. The molecule has 2 heterocycles. The van der Waals surface area contributed by atoms with E-state index in [1.807, 2.05) is 42.5 Å². The second kappa shape index (κ2) is 8.08. The van der Waals surface area contributed by atoms with Crippen LogP contribution in [-0.4, -0.2) is 37.1 Å². The first-order valence-corrected chi connectivity index (χ1v) is 9.27. The summed E-state index contributed by atoms with van der Waals surface area (Å²) in [5.74, 6) is 0.507. The molecule has 6 heteroatoms. The summed E-state index contributed by atoms with van der Waals surface area (Å²) in [5.41, 5.74) is 1.91. The third-order valence-corrected chi connectivity index (χ3v) is 4.84. The van der Waals surface area contributed by atoms with Gasteiger partial charge in [-0.1, -0.05) is 30.3 Å². The monoisotopic (exact) mass is 376 g/mol. The summed E-state index contributed by atoms with van der Waals surface area (Å²) in [5, 5.41) is 2.85. The van der Waals surface area contributed by atoms with Crippen molar-refractivity contribution >= 4 is 23.1 Å². The van der Waals surface area contributed by atoms with Crippen LogP contribution in [0.5, 0.6) is 0 Å². The molecular weight excluding hydrogens is 355 g/mol. The van der Waals surface area contributed by atoms with Gasteiger partial charge < -0.3 is 15.1 Å². The molecule has 3 aromatic rings. The van der Waals surface area contributed by atoms with Crippen molar-refractivity contribution in [3.8, 4) is 0 Å². The van der Waals surface area contributed by atoms with Crippen LogP contribution in [0.1, 0.15) is 10.4 Å². The number of rotatable bonds is 4. The fourth-order valence-electron chi connectivity index (χ4n) is 3.32. The zero-order valence-electron chi connectivity index (χ0n) is 15.4. The third-order valence-electron chi connectivity index (χ3n) is 4.84. The molecule has 0 radical (unpaired) electrons. The van der Waals surface area contributed by atoms with E-state index in [2.05, 4.69) is 20.1 Å². The van der Waals surface area contributed by atoms with E-state index < -0.39 is 0 Å². The molecule has 142 valence electrons. The van der Waals surface area contributed by atoms with Gasteiger partial charge in [0, 0.05) is 31.7 Å². The molecule has 0 aliphatic carbocycles. The van der Waals surface area contributed by atoms with Crippen LogP contribution in [0.25, 0.3) is 0 Å². The van der Waals surface area contributed by atoms with Crippen molar-refractivity contribution in [2.75, 3.05) is 41.3 Å². The van der Waals surface area contributed by atoms with Crippen molar-refractivity contribution in [3.63, 3.8) is 0 Å². The van der Waals surface area contributed by atoms with Gasteiger partial charge in [0.25, 0.3) is 5.91 Å². The first kappa shape index (κ1) is 18.0. The molecule has 0 atom stereocenters. The number of amides is 1. The highest BCUT2D eigenvalue weighted by Crippen LogP contribution is 2.22. The van der Waals surface area contributed by atoms with E-state index in [1.165, 1.54) is 6.07 Å². The molecule has 0 unspecified atom stereocenters. The Balaban J connectivity index is 1.36. The number of anilines is 3. The molecule has 1 aromatic heterocycles. The Morgan fingerprint density at radius 2 is 1.54 bits per heavy atom. The Kier molecular flexibility index (Phi) is 5.19. The van der Waals surface area contributed by atoms with Crippen LogP contribution in [-0.2, 0) is 0 Å². The maximum absolute atomic E-state index is 14.0. The fraction of sp³-hybridized carbons (Fsp3) is 0.182. The number of halogens is 1. The van der Waals surface area contributed by atoms with Crippen molar-refractivity contribution in [2.45, 2.75) is 0 Å². The number of hydrogen-bond acceptors (Lipinski definition) is 4. The van der Waals surface area contributed by atoms with Gasteiger partial charge in [0.1, 0.15) is 11.6 Å². The van der Waals surface area contributed by atoms with Crippen LogP contribution in [0.15, 0.2) is 72.9 Å². The van der Waals surface area contributed by atoms with Gasteiger partial charge in [-0.25, -0.2) is 9.37 Å². The average molecular weight is 376 g/mol. The molecule has 1 aliphatic rings. The average Bonchev–Trinajstić information content (AvgIpc) is 2.75. The Morgan fingerprint density at radius 1 is 0.857 bits per heavy atom. The molecule has 0 bridgehead atoms. The Bertz CT molecular complexity index is 938. The van der Waals surface area contributed by atoms with Gasteiger partial charge in [-0.15, -0.1) is 0 Å². The normalized spacial score (nSPS) is 14.0. The van der Waals surface area contributed by atoms with Crippen LogP contribution in [0.4, 0.5) is 21.6 Å². The van der Waals surface area contributed by atoms with E-state index in [0.717, 1.165) is 32.0 Å². The van der Waals surface area contributed by atoms with Gasteiger partial charge in [-0.3, -0.25) is 4.79 Å². The first-order valence-electron chi connectivity index (χ1n) is 9.27. The van der Waals surface area contributed by atoms with Crippen LogP contribution in [0.3, 0.4) is 0 Å². The van der Waals surface area contributed by atoms with E-state index in [4.69, 9.17) is 0 Å². The lowest BCUT2D eigenvalue weighted by Crippen LogP contribution is -2.47. The van der Waals surface area contributed by atoms with Crippen molar-refractivity contribution in [2.24, 2.45) is 0 Å². The Hall–Kier alpha value is -3.41. The molecule has 2 aromatic carbocycles. The summed E-state index contributed by atoms with van der Waals surface area (Å²) < 4.78 is 14.0. The van der Waals surface area contributed by atoms with Crippen LogP contribution < -0.4 is 15.1 Å². The number of aromatic nitrogens is 1. The van der Waals surface area contributed by atoms with E-state index in [0.29, 0.717) is 16.9 Å². The number of benzene rings is 2. The summed E-state index contributed by atoms with van der Waals surface area (Å²) in [6.07, 6.45) is 1.67. The molecule has 0 saturated carbocycles. The lowest BCUT2D eigenvalue weighted by Gasteiger charge is -2.36. The van der Waals surface area contributed by atoms with Gasteiger partial charge in [0.05, 0.1) is 17.6 Å². The largest absolute Gasteiger partial charge is 0.366 e. The number of carbonyl (C=O) groups excluding carboxylic acids is 1. The second-order valence-electron chi connectivity index (χ2n) is 6.65. The molecule has 1 amide bonds. The number of para-hydroxylation sites is 1. The molecule has 1 N–H and O–H groups in total. The second-order valence-corrected chi connectivity index (χ2v) is 6.65. The summed E-state index contributed by atoms with van der Waals surface area (Å²) in [6, 6.07) is 19.7. The maximum atomic E-state index is 14.0. The Labute approximate surface area is 163 Å². The lowest BCUT2D eigenvalue weighted by atomic mass is 10.2. The van der Waals surface area contributed by atoms with E-state index in [1.54, 1.807) is 24.4 Å². The fourth-order valence-corrected chi connectivity index (χ4v) is 3.32. The number of nitrogens with zero attached hydrogens (tertiary/aromatic N) is 3. The highest BCUT2D eigenvalue weighted by Gasteiger charge is 2.20. The summed E-state index contributed by atoms with van der Waals surface area (Å²) in [6.45, 7) is 2.98.